The summed E-state index contributed by atoms with van der Waals surface area (Å²) < 4.78 is 0. The molecule has 1 N–H and O–H groups in total. The Kier molecular flexibility index (Phi) is 2.80. The van der Waals surface area contributed by atoms with E-state index >= 15 is 0 Å². The lowest BCUT2D eigenvalue weighted by molar-refractivity contribution is 0.400. The normalized spacial score (nSPS) is 47.4. The number of hydrogen-bond donors (Lipinski definition) is 1. The summed E-state index contributed by atoms with van der Waals surface area (Å²) in [5, 5.41) is 3.69. The van der Waals surface area contributed by atoms with Gasteiger partial charge in [-0.05, 0) is 81.6 Å². The third-order valence-electron chi connectivity index (χ3n) is 6.47. The highest BCUT2D eigenvalue weighted by Gasteiger charge is 2.66. The molecular weight excluding hydrogens is 218 g/mol. The smallest absolute Gasteiger partial charge is 0.0310 e. The molecule has 2 bridgehead atoms. The highest BCUT2D eigenvalue weighted by atomic mass is 14.9. The molecule has 0 spiro atoms. The quantitative estimate of drug-likeness (QED) is 0.747. The number of fused-ring (bicyclic) bond motifs is 5. The molecule has 0 amide bonds. The first-order valence-corrected chi connectivity index (χ1v) is 8.26. The molecule has 5 atom stereocenters. The van der Waals surface area contributed by atoms with Crippen molar-refractivity contribution in [1.82, 2.24) is 5.32 Å². The minimum atomic E-state index is 0.737. The van der Waals surface area contributed by atoms with E-state index in [1.165, 1.54) is 32.1 Å². The summed E-state index contributed by atoms with van der Waals surface area (Å²) in [6.45, 7) is 0. The second-order valence-electron chi connectivity index (χ2n) is 7.21. The summed E-state index contributed by atoms with van der Waals surface area (Å²) in [6, 6.07) is 0.737. The van der Waals surface area contributed by atoms with Crippen molar-refractivity contribution in [2.45, 2.75) is 57.4 Å². The molecule has 0 radical (unpaired) electrons. The van der Waals surface area contributed by atoms with E-state index in [0.29, 0.717) is 0 Å². The van der Waals surface area contributed by atoms with Crippen molar-refractivity contribution >= 4 is 0 Å². The summed E-state index contributed by atoms with van der Waals surface area (Å²) in [5.74, 6) is 5.49. The van der Waals surface area contributed by atoms with Crippen LogP contribution in [0.25, 0.3) is 0 Å². The third-order valence-corrected chi connectivity index (χ3v) is 6.47. The minimum absolute atomic E-state index is 0.737. The first kappa shape index (κ1) is 11.5. The number of rotatable bonds is 3. The van der Waals surface area contributed by atoms with Gasteiger partial charge < -0.3 is 5.32 Å². The summed E-state index contributed by atoms with van der Waals surface area (Å²) in [7, 11) is 2.20. The van der Waals surface area contributed by atoms with Crippen LogP contribution in [-0.2, 0) is 0 Å². The van der Waals surface area contributed by atoms with Crippen LogP contribution in [0, 0.1) is 29.6 Å². The zero-order valence-corrected chi connectivity index (χ0v) is 11.7. The van der Waals surface area contributed by atoms with Crippen LogP contribution in [0.5, 0.6) is 0 Å². The van der Waals surface area contributed by atoms with Gasteiger partial charge in [0.25, 0.3) is 0 Å². The maximum absolute atomic E-state index is 3.69. The second kappa shape index (κ2) is 4.37. The molecule has 3 saturated carbocycles. The molecule has 100 valence electrons. The van der Waals surface area contributed by atoms with Crippen LogP contribution < -0.4 is 5.32 Å². The summed E-state index contributed by atoms with van der Waals surface area (Å²) in [4.78, 5) is 0. The molecule has 0 aromatic heterocycles. The fourth-order valence-corrected chi connectivity index (χ4v) is 5.79. The van der Waals surface area contributed by atoms with E-state index in [1.807, 2.05) is 0 Å². The SMILES string of the molecule is CNC(C1=CCCCCC1)C1C2C3CCC(C3)C21. The van der Waals surface area contributed by atoms with Gasteiger partial charge in [-0.25, -0.2) is 0 Å². The Bertz CT molecular complexity index is 343. The van der Waals surface area contributed by atoms with Gasteiger partial charge in [0.15, 0.2) is 0 Å². The van der Waals surface area contributed by atoms with Gasteiger partial charge in [0.2, 0.25) is 0 Å². The van der Waals surface area contributed by atoms with Crippen molar-refractivity contribution in [3.8, 4) is 0 Å². The minimum Gasteiger partial charge on any atom is -0.313 e. The van der Waals surface area contributed by atoms with Crippen LogP contribution in [0.2, 0.25) is 0 Å². The van der Waals surface area contributed by atoms with E-state index < -0.39 is 0 Å². The second-order valence-corrected chi connectivity index (χ2v) is 7.21. The molecule has 18 heavy (non-hydrogen) atoms. The molecule has 4 rings (SSSR count). The Morgan fingerprint density at radius 3 is 2.61 bits per heavy atom. The number of hydrogen-bond acceptors (Lipinski definition) is 1. The van der Waals surface area contributed by atoms with E-state index in [2.05, 4.69) is 18.4 Å². The van der Waals surface area contributed by atoms with Crippen LogP contribution in [0.1, 0.15) is 51.4 Å². The van der Waals surface area contributed by atoms with Crippen molar-refractivity contribution in [2.24, 2.45) is 29.6 Å². The predicted molar refractivity (Wildman–Crippen MR) is 75.3 cm³/mol. The summed E-state index contributed by atoms with van der Waals surface area (Å²) in [6.07, 6.45) is 14.3. The predicted octanol–water partition coefficient (Wildman–Crippen LogP) is 3.76. The fraction of sp³-hybridized carbons (Fsp3) is 0.882. The molecular formula is C17H27N. The molecule has 0 saturated heterocycles. The largest absolute Gasteiger partial charge is 0.313 e. The average Bonchev–Trinajstić information content (AvgIpc) is 2.94. The van der Waals surface area contributed by atoms with Gasteiger partial charge in [0.05, 0.1) is 0 Å². The maximum atomic E-state index is 3.69. The van der Waals surface area contributed by atoms with E-state index in [4.69, 9.17) is 0 Å². The first-order chi connectivity index (χ1) is 8.90. The van der Waals surface area contributed by atoms with E-state index in [9.17, 15) is 0 Å². The molecule has 5 unspecified atom stereocenters. The number of allylic oxidation sites excluding steroid dienone is 1. The number of likely N-dealkylation sites (N-methyl/N-ethyl adjacent to an activating group) is 1. The zero-order chi connectivity index (χ0) is 12.1. The van der Waals surface area contributed by atoms with Gasteiger partial charge in [-0.15, -0.1) is 0 Å². The third kappa shape index (κ3) is 1.62. The van der Waals surface area contributed by atoms with Crippen LogP contribution in [0.15, 0.2) is 11.6 Å². The molecule has 4 aliphatic carbocycles. The summed E-state index contributed by atoms with van der Waals surface area (Å²) in [5.41, 5.74) is 1.77. The maximum Gasteiger partial charge on any atom is 0.0310 e. The van der Waals surface area contributed by atoms with Crippen molar-refractivity contribution in [1.29, 1.82) is 0 Å². The van der Waals surface area contributed by atoms with Gasteiger partial charge in [-0.3, -0.25) is 0 Å². The van der Waals surface area contributed by atoms with Gasteiger partial charge >= 0.3 is 0 Å². The Morgan fingerprint density at radius 1 is 1.11 bits per heavy atom. The standard InChI is InChI=1S/C17H27N/c1-18-17(11-6-4-2-3-5-7-11)16-14-12-8-9-13(10-12)15(14)16/h6,12-18H,2-5,7-10H2,1H3. The monoisotopic (exact) mass is 245 g/mol. The van der Waals surface area contributed by atoms with E-state index in [1.54, 1.807) is 24.8 Å². The lowest BCUT2D eigenvalue weighted by atomic mass is 9.91. The van der Waals surface area contributed by atoms with Gasteiger partial charge in [-0.2, -0.15) is 0 Å². The topological polar surface area (TPSA) is 12.0 Å². The lowest BCUT2D eigenvalue weighted by Crippen LogP contribution is -2.32. The van der Waals surface area contributed by atoms with Gasteiger partial charge in [0, 0.05) is 6.04 Å². The molecule has 1 nitrogen and oxygen atoms in total. The first-order valence-electron chi connectivity index (χ1n) is 8.26. The van der Waals surface area contributed by atoms with Crippen LogP contribution in [0.3, 0.4) is 0 Å². The Labute approximate surface area is 111 Å². The van der Waals surface area contributed by atoms with Crippen molar-refractivity contribution in [2.75, 3.05) is 7.05 Å². The van der Waals surface area contributed by atoms with Gasteiger partial charge in [-0.1, -0.05) is 18.1 Å². The molecule has 1 heteroatoms. The van der Waals surface area contributed by atoms with Crippen LogP contribution in [-0.4, -0.2) is 13.1 Å². The Balaban J connectivity index is 1.51. The molecule has 0 heterocycles. The van der Waals surface area contributed by atoms with Crippen molar-refractivity contribution in [3.63, 3.8) is 0 Å². The lowest BCUT2D eigenvalue weighted by Gasteiger charge is -2.23. The van der Waals surface area contributed by atoms with E-state index in [-0.39, 0.29) is 0 Å². The summed E-state index contributed by atoms with van der Waals surface area (Å²) >= 11 is 0. The highest BCUT2D eigenvalue weighted by molar-refractivity contribution is 5.24. The van der Waals surface area contributed by atoms with Crippen LogP contribution in [0.4, 0.5) is 0 Å². The average molecular weight is 245 g/mol. The van der Waals surface area contributed by atoms with Gasteiger partial charge in [0.1, 0.15) is 0 Å². The highest BCUT2D eigenvalue weighted by Crippen LogP contribution is 2.70. The molecule has 0 aromatic rings. The van der Waals surface area contributed by atoms with Crippen LogP contribution >= 0.6 is 0 Å². The van der Waals surface area contributed by atoms with E-state index in [0.717, 1.165) is 35.6 Å². The molecule has 3 fully saturated rings. The molecule has 0 aliphatic heterocycles. The van der Waals surface area contributed by atoms with Crippen molar-refractivity contribution in [3.05, 3.63) is 11.6 Å². The molecule has 4 aliphatic rings. The zero-order valence-electron chi connectivity index (χ0n) is 11.7. The Hall–Kier alpha value is -0.300. The molecule has 0 aromatic carbocycles. The van der Waals surface area contributed by atoms with Crippen molar-refractivity contribution < 1.29 is 0 Å². The number of nitrogens with one attached hydrogen (secondary N) is 1. The fourth-order valence-electron chi connectivity index (χ4n) is 5.79. The Morgan fingerprint density at radius 2 is 1.89 bits per heavy atom.